The molecule has 2 atom stereocenters. The standard InChI is InChI=1S/C7H13NO6/c1-14-3-2-7(8,6(12)13)4(9)5(10)11/h4,9H,2-3,8H2,1H3,(H,10,11)(H,12,13). The summed E-state index contributed by atoms with van der Waals surface area (Å²) in [6, 6.07) is 0. The predicted octanol–water partition coefficient (Wildman–Crippen LogP) is -1.75. The minimum Gasteiger partial charge on any atom is -0.480 e. The second kappa shape index (κ2) is 4.89. The first-order valence-corrected chi connectivity index (χ1v) is 3.78. The Morgan fingerprint density at radius 1 is 1.50 bits per heavy atom. The van der Waals surface area contributed by atoms with E-state index in [0.717, 1.165) is 0 Å². The maximum absolute atomic E-state index is 10.7. The molecule has 0 aromatic heterocycles. The third-order valence-corrected chi connectivity index (χ3v) is 1.84. The van der Waals surface area contributed by atoms with Crippen molar-refractivity contribution in [1.82, 2.24) is 0 Å². The molecular weight excluding hydrogens is 194 g/mol. The Bertz CT molecular complexity index is 230. The first kappa shape index (κ1) is 12.8. The lowest BCUT2D eigenvalue weighted by atomic mass is 9.90. The van der Waals surface area contributed by atoms with Crippen LogP contribution in [0, 0.1) is 0 Å². The van der Waals surface area contributed by atoms with Gasteiger partial charge in [-0.1, -0.05) is 0 Å². The lowest BCUT2D eigenvalue weighted by molar-refractivity contribution is -0.162. The Hall–Kier alpha value is -1.18. The van der Waals surface area contributed by atoms with Crippen LogP contribution in [0.2, 0.25) is 0 Å². The normalized spacial score (nSPS) is 17.1. The lowest BCUT2D eigenvalue weighted by Crippen LogP contribution is -2.60. The average Bonchev–Trinajstić information content (AvgIpc) is 2.12. The molecule has 0 aromatic carbocycles. The van der Waals surface area contributed by atoms with Gasteiger partial charge >= 0.3 is 11.9 Å². The van der Waals surface area contributed by atoms with Crippen LogP contribution in [-0.4, -0.2) is 52.6 Å². The van der Waals surface area contributed by atoms with E-state index in [9.17, 15) is 9.59 Å². The first-order chi connectivity index (χ1) is 6.36. The summed E-state index contributed by atoms with van der Waals surface area (Å²) in [6.07, 6.45) is -2.44. The highest BCUT2D eigenvalue weighted by molar-refractivity contribution is 5.88. The van der Waals surface area contributed by atoms with Crippen molar-refractivity contribution in [3.8, 4) is 0 Å². The predicted molar refractivity (Wildman–Crippen MR) is 44.7 cm³/mol. The largest absolute Gasteiger partial charge is 0.480 e. The molecule has 0 aliphatic heterocycles. The minimum atomic E-state index is -2.22. The maximum Gasteiger partial charge on any atom is 0.335 e. The van der Waals surface area contributed by atoms with Gasteiger partial charge in [0.05, 0.1) is 0 Å². The highest BCUT2D eigenvalue weighted by Crippen LogP contribution is 2.13. The molecule has 14 heavy (non-hydrogen) atoms. The van der Waals surface area contributed by atoms with E-state index >= 15 is 0 Å². The number of ether oxygens (including phenoxy) is 1. The number of hydrogen-bond donors (Lipinski definition) is 4. The van der Waals surface area contributed by atoms with Crippen molar-refractivity contribution in [2.75, 3.05) is 13.7 Å². The van der Waals surface area contributed by atoms with E-state index in [1.165, 1.54) is 7.11 Å². The van der Waals surface area contributed by atoms with Gasteiger partial charge in [-0.25, -0.2) is 4.79 Å². The molecule has 0 heterocycles. The topological polar surface area (TPSA) is 130 Å². The molecule has 5 N–H and O–H groups in total. The van der Waals surface area contributed by atoms with E-state index in [4.69, 9.17) is 21.1 Å². The minimum absolute atomic E-state index is 0.0485. The van der Waals surface area contributed by atoms with Crippen molar-refractivity contribution in [2.24, 2.45) is 5.73 Å². The van der Waals surface area contributed by atoms with Gasteiger partial charge in [-0.15, -0.1) is 0 Å². The van der Waals surface area contributed by atoms with Gasteiger partial charge in [0.2, 0.25) is 0 Å². The quantitative estimate of drug-likeness (QED) is 0.406. The summed E-state index contributed by atoms with van der Waals surface area (Å²) in [5, 5.41) is 26.2. The van der Waals surface area contributed by atoms with Crippen molar-refractivity contribution < 1.29 is 29.6 Å². The third-order valence-electron chi connectivity index (χ3n) is 1.84. The monoisotopic (exact) mass is 207 g/mol. The number of nitrogens with two attached hydrogens (primary N) is 1. The van der Waals surface area contributed by atoms with E-state index in [1.807, 2.05) is 0 Å². The van der Waals surface area contributed by atoms with Crippen LogP contribution in [0.3, 0.4) is 0 Å². The van der Waals surface area contributed by atoms with Gasteiger partial charge in [-0.05, 0) is 0 Å². The number of hydrogen-bond acceptors (Lipinski definition) is 5. The molecule has 82 valence electrons. The van der Waals surface area contributed by atoms with Crippen LogP contribution in [-0.2, 0) is 14.3 Å². The molecule has 0 spiro atoms. The second-order valence-electron chi connectivity index (χ2n) is 2.83. The summed E-state index contributed by atoms with van der Waals surface area (Å²) in [7, 11) is 1.31. The van der Waals surface area contributed by atoms with Gasteiger partial charge in [-0.2, -0.15) is 0 Å². The Kier molecular flexibility index (Phi) is 4.48. The van der Waals surface area contributed by atoms with E-state index in [2.05, 4.69) is 4.74 Å². The molecule has 0 saturated heterocycles. The molecule has 0 rings (SSSR count). The Balaban J connectivity index is 4.70. The Morgan fingerprint density at radius 3 is 2.29 bits per heavy atom. The zero-order chi connectivity index (χ0) is 11.4. The summed E-state index contributed by atoms with van der Waals surface area (Å²) < 4.78 is 4.57. The van der Waals surface area contributed by atoms with Crippen LogP contribution in [0.4, 0.5) is 0 Å². The number of methoxy groups -OCH3 is 1. The van der Waals surface area contributed by atoms with Crippen molar-refractivity contribution in [3.05, 3.63) is 0 Å². The Morgan fingerprint density at radius 2 is 2.00 bits per heavy atom. The zero-order valence-electron chi connectivity index (χ0n) is 7.64. The van der Waals surface area contributed by atoms with Gasteiger partial charge in [0.1, 0.15) is 0 Å². The molecule has 2 unspecified atom stereocenters. The van der Waals surface area contributed by atoms with Crippen molar-refractivity contribution in [2.45, 2.75) is 18.1 Å². The van der Waals surface area contributed by atoms with Crippen LogP contribution < -0.4 is 5.73 Å². The number of aliphatic hydroxyl groups is 1. The van der Waals surface area contributed by atoms with Gasteiger partial charge < -0.3 is 25.8 Å². The van der Waals surface area contributed by atoms with E-state index in [1.54, 1.807) is 0 Å². The van der Waals surface area contributed by atoms with Crippen molar-refractivity contribution >= 4 is 11.9 Å². The van der Waals surface area contributed by atoms with Crippen LogP contribution in [0.5, 0.6) is 0 Å². The van der Waals surface area contributed by atoms with Crippen LogP contribution in [0.25, 0.3) is 0 Å². The average molecular weight is 207 g/mol. The van der Waals surface area contributed by atoms with Gasteiger partial charge in [0.15, 0.2) is 11.6 Å². The number of carbonyl (C=O) groups is 2. The number of carboxylic acid groups (broad SMARTS) is 2. The van der Waals surface area contributed by atoms with Crippen LogP contribution >= 0.6 is 0 Å². The fourth-order valence-corrected chi connectivity index (χ4v) is 0.852. The summed E-state index contributed by atoms with van der Waals surface area (Å²) in [5.41, 5.74) is 3.04. The van der Waals surface area contributed by atoms with Gasteiger partial charge in [0, 0.05) is 20.1 Å². The van der Waals surface area contributed by atoms with Crippen LogP contribution in [0.15, 0.2) is 0 Å². The summed E-state index contributed by atoms with van der Waals surface area (Å²) >= 11 is 0. The Labute approximate surface area is 80.1 Å². The number of aliphatic hydroxyl groups excluding tert-OH is 1. The molecule has 0 fully saturated rings. The molecule has 0 aromatic rings. The molecular formula is C7H13NO6. The molecule has 7 nitrogen and oxygen atoms in total. The fourth-order valence-electron chi connectivity index (χ4n) is 0.852. The van der Waals surface area contributed by atoms with E-state index in [0.29, 0.717) is 0 Å². The van der Waals surface area contributed by atoms with E-state index in [-0.39, 0.29) is 13.0 Å². The molecule has 0 saturated carbocycles. The summed E-state index contributed by atoms with van der Waals surface area (Å²) in [6.45, 7) is -0.0485. The smallest absolute Gasteiger partial charge is 0.335 e. The maximum atomic E-state index is 10.7. The molecule has 7 heteroatoms. The van der Waals surface area contributed by atoms with Gasteiger partial charge in [-0.3, -0.25) is 4.79 Å². The molecule has 0 amide bonds. The number of carboxylic acids is 2. The van der Waals surface area contributed by atoms with Gasteiger partial charge in [0.25, 0.3) is 0 Å². The number of aliphatic carboxylic acids is 2. The van der Waals surface area contributed by atoms with E-state index < -0.39 is 23.6 Å². The lowest BCUT2D eigenvalue weighted by Gasteiger charge is -2.26. The zero-order valence-corrected chi connectivity index (χ0v) is 7.64. The fraction of sp³-hybridized carbons (Fsp3) is 0.714. The highest BCUT2D eigenvalue weighted by atomic mass is 16.5. The molecule has 0 radical (unpaired) electrons. The highest BCUT2D eigenvalue weighted by Gasteiger charge is 2.45. The molecule has 0 bridgehead atoms. The van der Waals surface area contributed by atoms with Crippen molar-refractivity contribution in [1.29, 1.82) is 0 Å². The summed E-state index contributed by atoms with van der Waals surface area (Å²) in [4.78, 5) is 21.0. The molecule has 0 aliphatic carbocycles. The molecule has 0 aliphatic rings. The third kappa shape index (κ3) is 2.66. The second-order valence-corrected chi connectivity index (χ2v) is 2.83. The van der Waals surface area contributed by atoms with Crippen molar-refractivity contribution in [3.63, 3.8) is 0 Å². The van der Waals surface area contributed by atoms with Crippen LogP contribution in [0.1, 0.15) is 6.42 Å². The number of rotatable bonds is 6. The first-order valence-electron chi connectivity index (χ1n) is 3.78. The summed E-state index contributed by atoms with van der Waals surface area (Å²) in [5.74, 6) is -3.25. The SMILES string of the molecule is COCCC(N)(C(=O)O)C(O)C(=O)O.